The Kier molecular flexibility index (Phi) is 4.41. The molecule has 0 N–H and O–H groups in total. The second-order valence-electron chi connectivity index (χ2n) is 7.24. The molecule has 3 aliphatic rings. The molecule has 3 aliphatic heterocycles. The van der Waals surface area contributed by atoms with E-state index in [2.05, 4.69) is 4.90 Å². The van der Waals surface area contributed by atoms with Gasteiger partial charge in [-0.1, -0.05) is 6.07 Å². The average molecular weight is 395 g/mol. The molecule has 0 radical (unpaired) electrons. The van der Waals surface area contributed by atoms with Crippen molar-refractivity contribution < 1.29 is 28.5 Å². The highest BCUT2D eigenvalue weighted by Gasteiger charge is 2.33. The van der Waals surface area contributed by atoms with E-state index < -0.39 is 0 Å². The Morgan fingerprint density at radius 3 is 2.86 bits per heavy atom. The zero-order chi connectivity index (χ0) is 20.0. The van der Waals surface area contributed by atoms with Crippen molar-refractivity contribution in [2.24, 2.45) is 0 Å². The van der Waals surface area contributed by atoms with Crippen LogP contribution in [-0.2, 0) is 11.3 Å². The number of carbonyl (C=O) groups is 1. The molecule has 2 aromatic carbocycles. The van der Waals surface area contributed by atoms with E-state index in [0.29, 0.717) is 48.5 Å². The minimum atomic E-state index is -0.127. The highest BCUT2D eigenvalue weighted by Crippen LogP contribution is 2.43. The SMILES string of the molecule is COCCN1COc2c(cc3c(c2C)O/C(=C\c2ccc4c(c2)OCO4)C3=O)C1. The first-order chi connectivity index (χ1) is 14.1. The Balaban J connectivity index is 1.44. The predicted octanol–water partition coefficient (Wildman–Crippen LogP) is 3.14. The van der Waals surface area contributed by atoms with Crippen LogP contribution in [0.15, 0.2) is 30.0 Å². The molecule has 7 heteroatoms. The van der Waals surface area contributed by atoms with Crippen molar-refractivity contribution in [2.75, 3.05) is 33.8 Å². The van der Waals surface area contributed by atoms with Gasteiger partial charge in [-0.15, -0.1) is 0 Å². The van der Waals surface area contributed by atoms with Gasteiger partial charge in [-0.2, -0.15) is 0 Å². The summed E-state index contributed by atoms with van der Waals surface area (Å²) in [6.07, 6.45) is 1.73. The van der Waals surface area contributed by atoms with Crippen LogP contribution in [0.5, 0.6) is 23.0 Å². The van der Waals surface area contributed by atoms with Gasteiger partial charge in [0, 0.05) is 31.3 Å². The van der Waals surface area contributed by atoms with E-state index in [1.165, 1.54) is 0 Å². The molecule has 0 aromatic heterocycles. The minimum absolute atomic E-state index is 0.127. The van der Waals surface area contributed by atoms with Gasteiger partial charge >= 0.3 is 0 Å². The Morgan fingerprint density at radius 1 is 1.14 bits per heavy atom. The number of allylic oxidation sites excluding steroid dienone is 1. The summed E-state index contributed by atoms with van der Waals surface area (Å²) in [4.78, 5) is 15.1. The Labute approximate surface area is 168 Å². The number of ketones is 1. The van der Waals surface area contributed by atoms with Gasteiger partial charge in [0.25, 0.3) is 0 Å². The van der Waals surface area contributed by atoms with Gasteiger partial charge in [0.2, 0.25) is 12.6 Å². The quantitative estimate of drug-likeness (QED) is 0.737. The van der Waals surface area contributed by atoms with E-state index in [1.807, 2.05) is 31.2 Å². The van der Waals surface area contributed by atoms with Gasteiger partial charge in [-0.05, 0) is 36.8 Å². The van der Waals surface area contributed by atoms with Gasteiger partial charge in [0.05, 0.1) is 12.2 Å². The van der Waals surface area contributed by atoms with Crippen LogP contribution in [-0.4, -0.2) is 44.5 Å². The fourth-order valence-corrected chi connectivity index (χ4v) is 3.81. The van der Waals surface area contributed by atoms with E-state index in [9.17, 15) is 4.79 Å². The molecule has 0 aliphatic carbocycles. The van der Waals surface area contributed by atoms with Crippen LogP contribution in [0, 0.1) is 6.92 Å². The first-order valence-corrected chi connectivity index (χ1v) is 9.48. The third-order valence-electron chi connectivity index (χ3n) is 5.31. The standard InChI is InChI=1S/C22H21NO6/c1-13-21-15(10-23(11-26-21)5-6-25-2)9-16-20(24)19(29-22(13)16)8-14-3-4-17-18(7-14)28-12-27-17/h3-4,7-9H,5-6,10-12H2,1-2H3/b19-8-. The molecular weight excluding hydrogens is 374 g/mol. The summed E-state index contributed by atoms with van der Waals surface area (Å²) >= 11 is 0. The molecule has 0 saturated heterocycles. The smallest absolute Gasteiger partial charge is 0.231 e. The molecule has 7 nitrogen and oxygen atoms in total. The number of fused-ring (bicyclic) bond motifs is 3. The molecule has 5 rings (SSSR count). The number of nitrogens with zero attached hydrogens (tertiary/aromatic N) is 1. The summed E-state index contributed by atoms with van der Waals surface area (Å²) in [5.74, 6) is 2.91. The molecule has 0 bridgehead atoms. The molecule has 0 unspecified atom stereocenters. The largest absolute Gasteiger partial charge is 0.477 e. The molecule has 0 amide bonds. The zero-order valence-electron chi connectivity index (χ0n) is 16.3. The molecule has 0 saturated carbocycles. The Morgan fingerprint density at radius 2 is 2.00 bits per heavy atom. The lowest BCUT2D eigenvalue weighted by atomic mass is 10.00. The maximum atomic E-state index is 13.0. The van der Waals surface area contributed by atoms with Crippen molar-refractivity contribution >= 4 is 11.9 Å². The van der Waals surface area contributed by atoms with Crippen LogP contribution in [0.1, 0.15) is 27.0 Å². The van der Waals surface area contributed by atoms with Gasteiger partial charge in [-0.25, -0.2) is 0 Å². The lowest BCUT2D eigenvalue weighted by Crippen LogP contribution is -2.34. The summed E-state index contributed by atoms with van der Waals surface area (Å²) in [7, 11) is 1.68. The second kappa shape index (κ2) is 7.09. The van der Waals surface area contributed by atoms with Crippen molar-refractivity contribution in [3.63, 3.8) is 0 Å². The maximum Gasteiger partial charge on any atom is 0.231 e. The van der Waals surface area contributed by atoms with Crippen LogP contribution in [0.2, 0.25) is 0 Å². The van der Waals surface area contributed by atoms with E-state index in [-0.39, 0.29) is 12.6 Å². The summed E-state index contributed by atoms with van der Waals surface area (Å²) in [6, 6.07) is 7.42. The topological polar surface area (TPSA) is 66.5 Å². The highest BCUT2D eigenvalue weighted by molar-refractivity contribution is 6.15. The summed E-state index contributed by atoms with van der Waals surface area (Å²) in [6.45, 7) is 4.74. The van der Waals surface area contributed by atoms with Crippen LogP contribution >= 0.6 is 0 Å². The molecule has 0 fully saturated rings. The van der Waals surface area contributed by atoms with Crippen molar-refractivity contribution in [1.29, 1.82) is 0 Å². The molecular formula is C22H21NO6. The first-order valence-electron chi connectivity index (χ1n) is 9.48. The van der Waals surface area contributed by atoms with Crippen molar-refractivity contribution in [3.05, 3.63) is 52.3 Å². The molecule has 0 atom stereocenters. The summed E-state index contributed by atoms with van der Waals surface area (Å²) < 4.78 is 27.8. The number of carbonyl (C=O) groups excluding carboxylic acids is 1. The third kappa shape index (κ3) is 3.12. The van der Waals surface area contributed by atoms with Crippen molar-refractivity contribution in [2.45, 2.75) is 13.5 Å². The number of Topliss-reactive ketones (excluding diaryl/α,β-unsaturated/α-hetero) is 1. The van der Waals surface area contributed by atoms with E-state index in [0.717, 1.165) is 29.0 Å². The fourth-order valence-electron chi connectivity index (χ4n) is 3.81. The highest BCUT2D eigenvalue weighted by atomic mass is 16.7. The van der Waals surface area contributed by atoms with Crippen LogP contribution in [0.25, 0.3) is 6.08 Å². The fraction of sp³-hybridized carbons (Fsp3) is 0.318. The number of ether oxygens (including phenoxy) is 5. The summed E-state index contributed by atoms with van der Waals surface area (Å²) in [5.41, 5.74) is 3.23. The third-order valence-corrected chi connectivity index (χ3v) is 5.31. The Hall–Kier alpha value is -3.03. The van der Waals surface area contributed by atoms with Gasteiger partial charge < -0.3 is 23.7 Å². The van der Waals surface area contributed by atoms with Crippen LogP contribution in [0.3, 0.4) is 0 Å². The maximum absolute atomic E-state index is 13.0. The first kappa shape index (κ1) is 18.0. The number of benzene rings is 2. The zero-order valence-corrected chi connectivity index (χ0v) is 16.3. The average Bonchev–Trinajstić information content (AvgIpc) is 3.32. The molecule has 150 valence electrons. The number of rotatable bonds is 4. The normalized spacial score (nSPS) is 18.4. The van der Waals surface area contributed by atoms with Crippen molar-refractivity contribution in [3.8, 4) is 23.0 Å². The van der Waals surface area contributed by atoms with Gasteiger partial charge in [0.1, 0.15) is 18.2 Å². The number of hydrogen-bond acceptors (Lipinski definition) is 7. The van der Waals surface area contributed by atoms with E-state index >= 15 is 0 Å². The van der Waals surface area contributed by atoms with Gasteiger partial charge in [0.15, 0.2) is 17.3 Å². The van der Waals surface area contributed by atoms with E-state index in [4.69, 9.17) is 23.7 Å². The monoisotopic (exact) mass is 395 g/mol. The lowest BCUT2D eigenvalue weighted by Gasteiger charge is -2.30. The molecule has 0 spiro atoms. The molecule has 2 aromatic rings. The summed E-state index contributed by atoms with van der Waals surface area (Å²) in [5, 5.41) is 0. The van der Waals surface area contributed by atoms with Crippen LogP contribution < -0.4 is 18.9 Å². The molecule has 29 heavy (non-hydrogen) atoms. The molecule has 3 heterocycles. The second-order valence-corrected chi connectivity index (χ2v) is 7.24. The van der Waals surface area contributed by atoms with E-state index in [1.54, 1.807) is 13.2 Å². The van der Waals surface area contributed by atoms with Crippen LogP contribution in [0.4, 0.5) is 0 Å². The predicted molar refractivity (Wildman–Crippen MR) is 104 cm³/mol. The number of hydrogen-bond donors (Lipinski definition) is 0. The Bertz CT molecular complexity index is 1030. The minimum Gasteiger partial charge on any atom is -0.477 e. The van der Waals surface area contributed by atoms with Gasteiger partial charge in [-0.3, -0.25) is 9.69 Å². The number of methoxy groups -OCH3 is 1. The van der Waals surface area contributed by atoms with Crippen molar-refractivity contribution in [1.82, 2.24) is 4.90 Å². The lowest BCUT2D eigenvalue weighted by molar-refractivity contribution is 0.0649.